The zero-order valence-electron chi connectivity index (χ0n) is 11.1. The van der Waals surface area contributed by atoms with Gasteiger partial charge in [-0.05, 0) is 49.8 Å². The highest BCUT2D eigenvalue weighted by atomic mass is 32.1. The van der Waals surface area contributed by atoms with Crippen LogP contribution in [0.15, 0.2) is 29.6 Å². The highest BCUT2D eigenvalue weighted by molar-refractivity contribution is 7.09. The van der Waals surface area contributed by atoms with Crippen LogP contribution in [-0.4, -0.2) is 5.78 Å². The van der Waals surface area contributed by atoms with Crippen molar-refractivity contribution in [3.63, 3.8) is 0 Å². The summed E-state index contributed by atoms with van der Waals surface area (Å²) in [5.74, 6) is 0.262. The van der Waals surface area contributed by atoms with Gasteiger partial charge in [0.25, 0.3) is 0 Å². The Morgan fingerprint density at radius 3 is 2.39 bits per heavy atom. The number of rotatable bonds is 4. The minimum absolute atomic E-state index is 0.262. The molecule has 2 rings (SSSR count). The summed E-state index contributed by atoms with van der Waals surface area (Å²) in [6, 6.07) is 8.30. The van der Waals surface area contributed by atoms with Gasteiger partial charge in [0.15, 0.2) is 5.78 Å². The van der Waals surface area contributed by atoms with Crippen LogP contribution in [0, 0.1) is 20.8 Å². The van der Waals surface area contributed by atoms with Gasteiger partial charge in [0.1, 0.15) is 0 Å². The number of thiophene rings is 1. The Labute approximate surface area is 112 Å². The summed E-state index contributed by atoms with van der Waals surface area (Å²) < 4.78 is 0. The van der Waals surface area contributed by atoms with Gasteiger partial charge in [-0.1, -0.05) is 23.8 Å². The van der Waals surface area contributed by atoms with Crippen molar-refractivity contribution in [1.29, 1.82) is 0 Å². The van der Waals surface area contributed by atoms with Crippen LogP contribution < -0.4 is 0 Å². The number of hydrogen-bond acceptors (Lipinski definition) is 2. The molecule has 1 nitrogen and oxygen atoms in total. The summed E-state index contributed by atoms with van der Waals surface area (Å²) >= 11 is 1.72. The molecule has 0 unspecified atom stereocenters. The van der Waals surface area contributed by atoms with E-state index in [2.05, 4.69) is 30.5 Å². The molecule has 0 aliphatic carbocycles. The minimum Gasteiger partial charge on any atom is -0.294 e. The lowest BCUT2D eigenvalue weighted by molar-refractivity contribution is 0.0982. The Balaban J connectivity index is 2.14. The topological polar surface area (TPSA) is 17.1 Å². The van der Waals surface area contributed by atoms with E-state index >= 15 is 0 Å². The van der Waals surface area contributed by atoms with E-state index < -0.39 is 0 Å². The lowest BCUT2D eigenvalue weighted by Crippen LogP contribution is -2.06. The number of aryl methyl sites for hydroxylation is 4. The third-order valence-electron chi connectivity index (χ3n) is 3.13. The molecule has 0 aliphatic heterocycles. The standard InChI is InChI=1S/C16H18OS/c1-11-9-12(2)16(13(3)10-11)15(17)7-6-14-5-4-8-18-14/h4-5,8-10H,6-7H2,1-3H3. The molecule has 0 spiro atoms. The molecule has 0 atom stereocenters. The second-order valence-corrected chi connectivity index (χ2v) is 5.81. The molecule has 0 amide bonds. The van der Waals surface area contributed by atoms with E-state index in [-0.39, 0.29) is 5.78 Å². The van der Waals surface area contributed by atoms with Crippen LogP contribution >= 0.6 is 11.3 Å². The van der Waals surface area contributed by atoms with E-state index in [4.69, 9.17) is 0 Å². The molecule has 0 aliphatic rings. The van der Waals surface area contributed by atoms with Crippen molar-refractivity contribution in [2.45, 2.75) is 33.6 Å². The van der Waals surface area contributed by atoms with Gasteiger partial charge in [0.2, 0.25) is 0 Å². The fourth-order valence-corrected chi connectivity index (χ4v) is 3.15. The summed E-state index contributed by atoms with van der Waals surface area (Å²) in [4.78, 5) is 13.6. The quantitative estimate of drug-likeness (QED) is 0.738. The molecular weight excluding hydrogens is 240 g/mol. The van der Waals surface area contributed by atoms with Crippen molar-refractivity contribution in [2.75, 3.05) is 0 Å². The second kappa shape index (κ2) is 5.49. The maximum absolute atomic E-state index is 12.3. The number of ketones is 1. The molecule has 1 aromatic carbocycles. The van der Waals surface area contributed by atoms with Gasteiger partial charge < -0.3 is 0 Å². The molecular formula is C16H18OS. The van der Waals surface area contributed by atoms with E-state index in [0.29, 0.717) is 6.42 Å². The predicted octanol–water partition coefficient (Wildman–Crippen LogP) is 4.49. The number of Topliss-reactive ketones (excluding diaryl/α,β-unsaturated/α-hetero) is 1. The molecule has 2 heteroatoms. The number of carbonyl (C=O) groups excluding carboxylic acids is 1. The van der Waals surface area contributed by atoms with Gasteiger partial charge in [-0.2, -0.15) is 0 Å². The Morgan fingerprint density at radius 2 is 1.83 bits per heavy atom. The van der Waals surface area contributed by atoms with Crippen LogP contribution in [0.3, 0.4) is 0 Å². The van der Waals surface area contributed by atoms with Crippen LogP contribution in [0.1, 0.15) is 38.3 Å². The molecule has 0 fully saturated rings. The van der Waals surface area contributed by atoms with Crippen LogP contribution in [0.25, 0.3) is 0 Å². The van der Waals surface area contributed by atoms with E-state index in [9.17, 15) is 4.79 Å². The monoisotopic (exact) mass is 258 g/mol. The van der Waals surface area contributed by atoms with Crippen LogP contribution in [0.5, 0.6) is 0 Å². The third-order valence-corrected chi connectivity index (χ3v) is 4.07. The molecule has 0 N–H and O–H groups in total. The Bertz CT molecular complexity index is 529. The normalized spacial score (nSPS) is 10.6. The smallest absolute Gasteiger partial charge is 0.163 e. The van der Waals surface area contributed by atoms with E-state index in [0.717, 1.165) is 23.1 Å². The second-order valence-electron chi connectivity index (χ2n) is 4.78. The summed E-state index contributed by atoms with van der Waals surface area (Å²) in [6.45, 7) is 6.12. The van der Waals surface area contributed by atoms with Crippen molar-refractivity contribution in [1.82, 2.24) is 0 Å². The summed E-state index contributed by atoms with van der Waals surface area (Å²) in [6.07, 6.45) is 1.45. The average Bonchev–Trinajstić information content (AvgIpc) is 2.77. The van der Waals surface area contributed by atoms with E-state index in [1.165, 1.54) is 10.4 Å². The Hall–Kier alpha value is -1.41. The Morgan fingerprint density at radius 1 is 1.17 bits per heavy atom. The third kappa shape index (κ3) is 2.88. The molecule has 2 aromatic rings. The van der Waals surface area contributed by atoms with Gasteiger partial charge >= 0.3 is 0 Å². The number of benzene rings is 1. The average molecular weight is 258 g/mol. The minimum atomic E-state index is 0.262. The molecule has 0 bridgehead atoms. The summed E-state index contributed by atoms with van der Waals surface area (Å²) in [5.41, 5.74) is 4.34. The molecule has 0 saturated heterocycles. The fraction of sp³-hybridized carbons (Fsp3) is 0.312. The summed E-state index contributed by atoms with van der Waals surface area (Å²) in [7, 11) is 0. The zero-order valence-corrected chi connectivity index (χ0v) is 11.9. The van der Waals surface area contributed by atoms with Gasteiger partial charge in [0, 0.05) is 16.9 Å². The van der Waals surface area contributed by atoms with Crippen molar-refractivity contribution in [2.24, 2.45) is 0 Å². The number of hydrogen-bond donors (Lipinski definition) is 0. The first-order valence-corrected chi connectivity index (χ1v) is 7.09. The Kier molecular flexibility index (Phi) is 3.97. The van der Waals surface area contributed by atoms with Gasteiger partial charge in [-0.15, -0.1) is 11.3 Å². The van der Waals surface area contributed by atoms with Crippen LogP contribution in [-0.2, 0) is 6.42 Å². The first-order valence-electron chi connectivity index (χ1n) is 6.21. The lowest BCUT2D eigenvalue weighted by atomic mass is 9.94. The lowest BCUT2D eigenvalue weighted by Gasteiger charge is -2.10. The largest absolute Gasteiger partial charge is 0.294 e. The highest BCUT2D eigenvalue weighted by Gasteiger charge is 2.12. The molecule has 94 valence electrons. The molecule has 0 radical (unpaired) electrons. The maximum Gasteiger partial charge on any atom is 0.163 e. The SMILES string of the molecule is Cc1cc(C)c(C(=O)CCc2cccs2)c(C)c1. The first kappa shape index (κ1) is 13.0. The van der Waals surface area contributed by atoms with Crippen molar-refractivity contribution >= 4 is 17.1 Å². The fourth-order valence-electron chi connectivity index (χ4n) is 2.44. The predicted molar refractivity (Wildman–Crippen MR) is 77.6 cm³/mol. The van der Waals surface area contributed by atoms with Crippen molar-refractivity contribution < 1.29 is 4.79 Å². The van der Waals surface area contributed by atoms with Gasteiger partial charge in [0.05, 0.1) is 0 Å². The molecule has 1 aromatic heterocycles. The molecule has 0 saturated carbocycles. The molecule has 1 heterocycles. The van der Waals surface area contributed by atoms with Gasteiger partial charge in [-0.3, -0.25) is 4.79 Å². The van der Waals surface area contributed by atoms with Crippen LogP contribution in [0.4, 0.5) is 0 Å². The zero-order chi connectivity index (χ0) is 13.1. The van der Waals surface area contributed by atoms with Crippen molar-refractivity contribution in [3.05, 3.63) is 56.8 Å². The van der Waals surface area contributed by atoms with Crippen LogP contribution in [0.2, 0.25) is 0 Å². The van der Waals surface area contributed by atoms with Gasteiger partial charge in [-0.25, -0.2) is 0 Å². The summed E-state index contributed by atoms with van der Waals surface area (Å²) in [5, 5.41) is 2.06. The van der Waals surface area contributed by atoms with E-state index in [1.54, 1.807) is 11.3 Å². The highest BCUT2D eigenvalue weighted by Crippen LogP contribution is 2.20. The number of carbonyl (C=O) groups is 1. The molecule has 18 heavy (non-hydrogen) atoms. The first-order chi connectivity index (χ1) is 8.58. The van der Waals surface area contributed by atoms with E-state index in [1.807, 2.05) is 19.9 Å². The van der Waals surface area contributed by atoms with Crippen molar-refractivity contribution in [3.8, 4) is 0 Å². The maximum atomic E-state index is 12.3.